The minimum atomic E-state index is -0.429. The second kappa shape index (κ2) is 5.00. The monoisotopic (exact) mass is 349 g/mol. The molecule has 0 radical (unpaired) electrons. The Hall–Kier alpha value is -0.720. The number of fused-ring (bicyclic) bond motifs is 1. The van der Waals surface area contributed by atoms with Crippen LogP contribution in [-0.4, -0.2) is 23.0 Å². The molecule has 4 nitrogen and oxygen atoms in total. The smallest absolute Gasteiger partial charge is 0.242 e. The van der Waals surface area contributed by atoms with Crippen molar-refractivity contribution in [1.29, 1.82) is 0 Å². The molecule has 1 amide bonds. The Morgan fingerprint density at radius 1 is 1.58 bits per heavy atom. The molecule has 2 aliphatic rings. The Morgan fingerprint density at radius 2 is 2.32 bits per heavy atom. The number of hydrogen-bond donors (Lipinski definition) is 2. The molecule has 2 heterocycles. The molecule has 0 unspecified atom stereocenters. The van der Waals surface area contributed by atoms with Gasteiger partial charge in [-0.3, -0.25) is 4.79 Å². The summed E-state index contributed by atoms with van der Waals surface area (Å²) >= 11 is 3.09. The maximum Gasteiger partial charge on any atom is 0.242 e. The van der Waals surface area contributed by atoms with Gasteiger partial charge in [-0.1, -0.05) is 6.92 Å². The fraction of sp³-hybridized carbons (Fsp3) is 0.500. The van der Waals surface area contributed by atoms with Crippen LogP contribution in [0.3, 0.4) is 0 Å². The molecule has 1 saturated heterocycles. The van der Waals surface area contributed by atoms with Gasteiger partial charge < -0.3 is 10.6 Å². The lowest BCUT2D eigenvalue weighted by Gasteiger charge is -2.14. The number of amides is 1. The number of anilines is 1. The predicted molar refractivity (Wildman–Crippen MR) is 75.8 cm³/mol. The number of rotatable bonds is 2. The Balaban J connectivity index is 0.00000133. The van der Waals surface area contributed by atoms with Crippen molar-refractivity contribution in [3.05, 3.63) is 22.6 Å². The highest BCUT2D eigenvalue weighted by atomic mass is 79.9. The predicted octanol–water partition coefficient (Wildman–Crippen LogP) is 2.48. The van der Waals surface area contributed by atoms with Crippen LogP contribution < -0.4 is 10.6 Å². The molecule has 0 spiro atoms. The third-order valence-corrected chi connectivity index (χ3v) is 4.16. The lowest BCUT2D eigenvalue weighted by Crippen LogP contribution is -2.38. The Morgan fingerprint density at radius 3 is 2.89 bits per heavy atom. The molecular weight excluding hydrogens is 337 g/mol. The highest BCUT2D eigenvalue weighted by Crippen LogP contribution is 2.53. The van der Waals surface area contributed by atoms with Crippen LogP contribution in [0.25, 0.3) is 0 Å². The fourth-order valence-electron chi connectivity index (χ4n) is 2.57. The third kappa shape index (κ3) is 2.90. The van der Waals surface area contributed by atoms with Crippen molar-refractivity contribution in [1.82, 2.24) is 10.3 Å². The molecule has 0 bridgehead atoms. The van der Waals surface area contributed by atoms with Crippen LogP contribution in [0.1, 0.15) is 19.8 Å². The summed E-state index contributed by atoms with van der Waals surface area (Å²) in [6, 6.07) is 2.72. The van der Waals surface area contributed by atoms with Gasteiger partial charge in [0, 0.05) is 18.2 Å². The van der Waals surface area contributed by atoms with Gasteiger partial charge in [0.05, 0.1) is 6.04 Å². The van der Waals surface area contributed by atoms with Crippen molar-refractivity contribution in [3.63, 3.8) is 0 Å². The van der Waals surface area contributed by atoms with Crippen LogP contribution in [0.4, 0.5) is 10.2 Å². The molecule has 2 N–H and O–H groups in total. The zero-order chi connectivity index (χ0) is 12.9. The maximum atomic E-state index is 13.1. The molecule has 2 fully saturated rings. The summed E-state index contributed by atoms with van der Waals surface area (Å²) in [5.41, 5.74) is 0.276. The second-order valence-corrected chi connectivity index (χ2v) is 6.13. The van der Waals surface area contributed by atoms with Gasteiger partial charge in [0.2, 0.25) is 5.91 Å². The maximum absolute atomic E-state index is 13.1. The van der Waals surface area contributed by atoms with E-state index in [4.69, 9.17) is 0 Å². The van der Waals surface area contributed by atoms with E-state index in [1.807, 2.05) is 0 Å². The first kappa shape index (κ1) is 14.7. The van der Waals surface area contributed by atoms with Crippen molar-refractivity contribution in [2.75, 3.05) is 5.32 Å². The summed E-state index contributed by atoms with van der Waals surface area (Å²) in [7, 11) is 0. The first-order valence-corrected chi connectivity index (χ1v) is 6.66. The van der Waals surface area contributed by atoms with Gasteiger partial charge in [-0.15, -0.1) is 12.4 Å². The highest BCUT2D eigenvalue weighted by Gasteiger charge is 2.58. The van der Waals surface area contributed by atoms with E-state index in [1.54, 1.807) is 0 Å². The number of piperidine rings is 1. The first-order valence-electron chi connectivity index (χ1n) is 5.86. The van der Waals surface area contributed by atoms with Crippen LogP contribution in [0, 0.1) is 11.2 Å². The molecule has 7 heteroatoms. The van der Waals surface area contributed by atoms with E-state index in [0.29, 0.717) is 10.6 Å². The number of halogens is 3. The normalized spacial score (nSPS) is 31.3. The van der Waals surface area contributed by atoms with Crippen LogP contribution >= 0.6 is 28.3 Å². The minimum absolute atomic E-state index is 0. The van der Waals surface area contributed by atoms with Crippen LogP contribution in [0.15, 0.2) is 16.7 Å². The molecule has 1 aromatic rings. The van der Waals surface area contributed by atoms with E-state index >= 15 is 0 Å². The third-order valence-electron chi connectivity index (χ3n) is 3.75. The molecule has 19 heavy (non-hydrogen) atoms. The number of carbonyl (C=O) groups excluding carboxylic acids is 1. The molecule has 1 saturated carbocycles. The number of aromatic nitrogens is 1. The Kier molecular flexibility index (Phi) is 3.86. The number of carbonyl (C=O) groups is 1. The van der Waals surface area contributed by atoms with Crippen molar-refractivity contribution < 1.29 is 9.18 Å². The van der Waals surface area contributed by atoms with Gasteiger partial charge in [0.1, 0.15) is 16.2 Å². The average molecular weight is 351 g/mol. The molecule has 3 rings (SSSR count). The lowest BCUT2D eigenvalue weighted by atomic mass is 10.0. The van der Waals surface area contributed by atoms with E-state index in [-0.39, 0.29) is 35.6 Å². The summed E-state index contributed by atoms with van der Waals surface area (Å²) in [6.07, 6.45) is 1.97. The molecule has 1 aromatic heterocycles. The summed E-state index contributed by atoms with van der Waals surface area (Å²) in [6.45, 7) is 2.18. The second-order valence-electron chi connectivity index (χ2n) is 5.32. The van der Waals surface area contributed by atoms with Gasteiger partial charge in [0.25, 0.3) is 0 Å². The Labute approximate surface area is 125 Å². The van der Waals surface area contributed by atoms with Gasteiger partial charge in [0.15, 0.2) is 0 Å². The number of nitrogens with zero attached hydrogens (tertiary/aromatic N) is 1. The van der Waals surface area contributed by atoms with Crippen molar-refractivity contribution >= 4 is 40.1 Å². The molecule has 3 atom stereocenters. The van der Waals surface area contributed by atoms with Crippen LogP contribution in [0.5, 0.6) is 0 Å². The first-order chi connectivity index (χ1) is 8.46. The quantitative estimate of drug-likeness (QED) is 0.806. The van der Waals surface area contributed by atoms with Crippen LogP contribution in [-0.2, 0) is 4.79 Å². The largest absolute Gasteiger partial charge is 0.309 e. The van der Waals surface area contributed by atoms with Gasteiger partial charge in [-0.25, -0.2) is 9.37 Å². The molecule has 104 valence electrons. The van der Waals surface area contributed by atoms with Gasteiger partial charge >= 0.3 is 0 Å². The van der Waals surface area contributed by atoms with E-state index in [9.17, 15) is 9.18 Å². The minimum Gasteiger partial charge on any atom is -0.309 e. The highest BCUT2D eigenvalue weighted by molar-refractivity contribution is 9.10. The fourth-order valence-corrected chi connectivity index (χ4v) is 2.98. The van der Waals surface area contributed by atoms with Gasteiger partial charge in [-0.2, -0.15) is 0 Å². The van der Waals surface area contributed by atoms with Crippen molar-refractivity contribution in [2.45, 2.75) is 31.8 Å². The van der Waals surface area contributed by atoms with Crippen molar-refractivity contribution in [3.8, 4) is 0 Å². The molecule has 1 aliphatic carbocycles. The number of nitrogens with one attached hydrogen (secondary N) is 2. The number of pyridine rings is 1. The van der Waals surface area contributed by atoms with Crippen molar-refractivity contribution in [2.24, 2.45) is 5.41 Å². The van der Waals surface area contributed by atoms with Gasteiger partial charge in [-0.05, 0) is 34.2 Å². The molecule has 1 aliphatic heterocycles. The zero-order valence-corrected chi connectivity index (χ0v) is 12.6. The van der Waals surface area contributed by atoms with Crippen LogP contribution in [0.2, 0.25) is 0 Å². The van der Waals surface area contributed by atoms with E-state index in [2.05, 4.69) is 38.5 Å². The standard InChI is InChI=1S/C12H13BrFN3O.ClH/c1-12-4-7(15-8(12)5-12)11(18)17-10-3-6(14)2-9(13)16-10;/h2-3,7-8,15H,4-5H2,1H3,(H,16,17,18);1H/t7-,8+,12-;/m0./s1. The van der Waals surface area contributed by atoms with E-state index in [0.717, 1.165) is 12.8 Å². The van der Waals surface area contributed by atoms with E-state index < -0.39 is 5.82 Å². The average Bonchev–Trinajstić information content (AvgIpc) is 2.75. The topological polar surface area (TPSA) is 54.0 Å². The summed E-state index contributed by atoms with van der Waals surface area (Å²) in [4.78, 5) is 16.0. The summed E-state index contributed by atoms with van der Waals surface area (Å²) in [5, 5.41) is 5.91. The summed E-state index contributed by atoms with van der Waals surface area (Å²) in [5.74, 6) is -0.339. The Bertz CT molecular complexity index is 509. The lowest BCUT2D eigenvalue weighted by molar-refractivity contribution is -0.118. The molecule has 0 aromatic carbocycles. The SMILES string of the molecule is C[C@@]12C[C@@H](C(=O)Nc3cc(F)cc(Br)n3)N[C@@H]1C2.Cl. The number of hydrogen-bond acceptors (Lipinski definition) is 3. The zero-order valence-electron chi connectivity index (χ0n) is 10.2. The summed E-state index contributed by atoms with van der Waals surface area (Å²) < 4.78 is 13.5. The van der Waals surface area contributed by atoms with E-state index in [1.165, 1.54) is 12.1 Å². The molecular formula is C12H14BrClFN3O.